The summed E-state index contributed by atoms with van der Waals surface area (Å²) in [7, 11) is 0. The number of nitrogen functional groups attached to an aromatic ring is 2. The van der Waals surface area contributed by atoms with Crippen LogP contribution in [-0.4, -0.2) is 99.0 Å². The van der Waals surface area contributed by atoms with E-state index in [1.807, 2.05) is 100 Å². The van der Waals surface area contributed by atoms with Gasteiger partial charge in [0.05, 0.1) is 0 Å². The van der Waals surface area contributed by atoms with Gasteiger partial charge < -0.3 is 37.3 Å². The molecule has 0 spiro atoms. The number of carbonyl (C=O) groups excluding carboxylic acids is 4. The van der Waals surface area contributed by atoms with E-state index in [4.69, 9.17) is 66.7 Å². The van der Waals surface area contributed by atoms with Crippen LogP contribution in [0.15, 0.2) is 84.2 Å². The van der Waals surface area contributed by atoms with E-state index in [0.29, 0.717) is 33.6 Å². The van der Waals surface area contributed by atoms with Crippen molar-refractivity contribution < 1.29 is 44.8 Å². The lowest BCUT2D eigenvalue weighted by Gasteiger charge is -2.17. The maximum Gasteiger partial charge on any atom is 0.300 e. The Labute approximate surface area is 495 Å². The van der Waals surface area contributed by atoms with Crippen molar-refractivity contribution in [2.45, 2.75) is 145 Å². The molecule has 3 amide bonds. The number of pyridine rings is 5. The van der Waals surface area contributed by atoms with Gasteiger partial charge in [0.2, 0.25) is 17.1 Å². The second-order valence-electron chi connectivity index (χ2n) is 21.9. The van der Waals surface area contributed by atoms with Gasteiger partial charge in [0, 0.05) is 47.2 Å². The van der Waals surface area contributed by atoms with Crippen LogP contribution in [0.5, 0.6) is 0 Å². The number of hydrogen-bond acceptors (Lipinski definition) is 15. The van der Waals surface area contributed by atoms with Gasteiger partial charge >= 0.3 is 0 Å². The van der Waals surface area contributed by atoms with Crippen molar-refractivity contribution in [1.29, 1.82) is 0 Å². The van der Waals surface area contributed by atoms with E-state index in [1.54, 1.807) is 90.3 Å². The van der Waals surface area contributed by atoms with Gasteiger partial charge in [-0.25, -0.2) is 19.9 Å². The summed E-state index contributed by atoms with van der Waals surface area (Å²) >= 11 is 16.5. The summed E-state index contributed by atoms with van der Waals surface area (Å²) in [6, 6.07) is 17.9. The summed E-state index contributed by atoms with van der Waals surface area (Å²) in [6.45, 7) is 42.7. The van der Waals surface area contributed by atoms with Crippen LogP contribution >= 0.6 is 34.8 Å². The zero-order chi connectivity index (χ0) is 64.2. The molecule has 20 nitrogen and oxygen atoms in total. The van der Waals surface area contributed by atoms with Gasteiger partial charge in [-0.2, -0.15) is 9.72 Å². The van der Waals surface area contributed by atoms with Crippen LogP contribution < -0.4 is 27.6 Å². The molecule has 0 saturated carbocycles. The van der Waals surface area contributed by atoms with Crippen LogP contribution in [0.25, 0.3) is 0 Å². The molecule has 0 aliphatic heterocycles. The summed E-state index contributed by atoms with van der Waals surface area (Å²) in [6.07, 6.45) is 4.85. The average Bonchev–Trinajstić information content (AvgIpc) is 3.30. The number of aryl methyl sites for hydroxylation is 5. The Hall–Kier alpha value is -6.55. The summed E-state index contributed by atoms with van der Waals surface area (Å²) in [5, 5.41) is 34.9. The van der Waals surface area contributed by atoms with Crippen molar-refractivity contribution in [3.63, 3.8) is 0 Å². The second kappa shape index (κ2) is 40.6. The molecule has 5 rings (SSSR count). The molecular formula is C58H92Cl3N11O9. The summed E-state index contributed by atoms with van der Waals surface area (Å²) in [5.74, 6) is 0.998. The fourth-order valence-electron chi connectivity index (χ4n) is 4.72. The Bertz CT molecular complexity index is 2650. The van der Waals surface area contributed by atoms with Gasteiger partial charge in [-0.05, 0) is 154 Å². The lowest BCUT2D eigenvalue weighted by Crippen LogP contribution is -2.28. The van der Waals surface area contributed by atoms with Crippen LogP contribution in [0.2, 0.25) is 10.3 Å². The third-order valence-corrected chi connectivity index (χ3v) is 10.4. The lowest BCUT2D eigenvalue weighted by atomic mass is 9.96. The Morgan fingerprint density at radius 2 is 0.951 bits per heavy atom. The zero-order valence-electron chi connectivity index (χ0n) is 51.4. The first-order chi connectivity index (χ1) is 37.0. The number of carboxylic acids is 1. The van der Waals surface area contributed by atoms with Gasteiger partial charge in [0.15, 0.2) is 5.49 Å². The Morgan fingerprint density at radius 3 is 1.27 bits per heavy atom. The molecule has 0 aliphatic carbocycles. The lowest BCUT2D eigenvalue weighted by molar-refractivity contribution is -0.176. The normalized spacial score (nSPS) is 10.6. The number of carbonyl (C=O) groups is 5. The smallest absolute Gasteiger partial charge is 0.300 e. The molecule has 5 aromatic rings. The number of amides is 3. The molecule has 0 aliphatic rings. The van der Waals surface area contributed by atoms with Crippen molar-refractivity contribution in [3.05, 3.63) is 123 Å². The SMILES string of the molecule is CC(=O)O.CC(C)(C)C(=O)Cl.CCN(CC)CC.Cc1cc(Cl)nc(NC(=O)C(C)(C)C)c1.Cc1cc(N)nc(Cl)c1.Cc1ccn(O)c(=NC(=O)C(C)(C)C)c1.Cc1ccnc(N)c1.Cc1ccnc(NC(=O)C(C)(C)C)c1.OO. The average molecular weight is 1190 g/mol. The van der Waals surface area contributed by atoms with Crippen LogP contribution in [0.4, 0.5) is 23.3 Å². The van der Waals surface area contributed by atoms with Crippen LogP contribution in [0, 0.1) is 56.3 Å². The number of carboxylic acid groups (broad SMARTS) is 1. The first-order valence-electron chi connectivity index (χ1n) is 25.6. The molecule has 5 heterocycles. The third kappa shape index (κ3) is 43.9. The number of halogens is 3. The molecular weight excluding hydrogens is 1100 g/mol. The molecule has 0 atom stereocenters. The van der Waals surface area contributed by atoms with Crippen molar-refractivity contribution in [2.24, 2.45) is 26.7 Å². The molecule has 23 heteroatoms. The van der Waals surface area contributed by atoms with Gasteiger partial charge in [-0.3, -0.25) is 34.5 Å². The number of nitrogens with one attached hydrogen (secondary N) is 2. The maximum atomic E-state index is 11.7. The van der Waals surface area contributed by atoms with Crippen molar-refractivity contribution in [2.75, 3.05) is 41.7 Å². The number of anilines is 4. The minimum absolute atomic E-state index is 0.0180. The van der Waals surface area contributed by atoms with Gasteiger partial charge in [-0.1, -0.05) is 127 Å². The fourth-order valence-corrected chi connectivity index (χ4v) is 5.25. The molecule has 0 aromatic carbocycles. The predicted molar refractivity (Wildman–Crippen MR) is 330 cm³/mol. The Balaban J connectivity index is -0.000000428. The van der Waals surface area contributed by atoms with Crippen LogP contribution in [-0.2, 0) is 24.0 Å². The monoisotopic (exact) mass is 1190 g/mol. The highest BCUT2D eigenvalue weighted by atomic mass is 35.5. The second-order valence-corrected chi connectivity index (χ2v) is 23.0. The highest BCUT2D eigenvalue weighted by Crippen LogP contribution is 2.20. The number of hydrogen-bond donors (Lipinski definition) is 8. The first-order valence-corrected chi connectivity index (χ1v) is 26.7. The van der Waals surface area contributed by atoms with Crippen molar-refractivity contribution >= 4 is 87.0 Å². The van der Waals surface area contributed by atoms with E-state index < -0.39 is 16.8 Å². The van der Waals surface area contributed by atoms with E-state index >= 15 is 0 Å². The molecule has 10 N–H and O–H groups in total. The molecule has 0 saturated heterocycles. The van der Waals surface area contributed by atoms with E-state index in [9.17, 15) is 24.4 Å². The molecule has 5 aromatic heterocycles. The Morgan fingerprint density at radius 1 is 0.580 bits per heavy atom. The van der Waals surface area contributed by atoms with E-state index in [0.717, 1.165) is 39.5 Å². The topological polar surface area (TPSA) is 314 Å². The zero-order valence-corrected chi connectivity index (χ0v) is 53.6. The number of aromatic nitrogens is 5. The van der Waals surface area contributed by atoms with Gasteiger partial charge in [0.1, 0.15) is 33.6 Å². The molecule has 0 bridgehead atoms. The number of nitrogens with zero attached hydrogens (tertiary/aromatic N) is 7. The van der Waals surface area contributed by atoms with E-state index in [1.165, 1.54) is 25.8 Å². The minimum atomic E-state index is -0.833. The standard InChI is InChI=1S/C11H15ClN2O.C11H16N2O2.C11H16N2O.C6H7ClN2.C6H8N2.C6H15N.C5H9ClO.C2H4O2.H2O2/c1-7-5-8(12)13-9(6-7)14-10(15)11(2,3)4;1-8-5-6-13(15)9(7-8)12-10(14)11(2,3)4;1-8-5-6-12-9(7-8)13-10(14)11(2,3)4;1-4-2-5(7)9-6(8)3-4;1-5-2-3-8-6(7)4-5;1-4-7(5-2)6-3;1-5(2,3)4(6)7;1-2(3)4;1-2/h5-6H,1-4H3,(H,13,14,15);5-7,15H,1-4H3;5-7H,1-4H3,(H,12,13,14);2-3H,1H3,(H2,8,9);2-4H,1H3,(H2,7,8);4-6H2,1-3H3;1-3H3;1H3,(H,3,4);1-2H. The summed E-state index contributed by atoms with van der Waals surface area (Å²) < 4.78 is 0.844. The fraction of sp³-hybridized carbons (Fsp3) is 0.483. The van der Waals surface area contributed by atoms with E-state index in [-0.39, 0.29) is 39.3 Å². The van der Waals surface area contributed by atoms with Gasteiger partial charge in [-0.15, -0.1) is 0 Å². The van der Waals surface area contributed by atoms with Crippen molar-refractivity contribution in [3.8, 4) is 0 Å². The Kier molecular flexibility index (Phi) is 40.6. The molecule has 0 unspecified atom stereocenters. The van der Waals surface area contributed by atoms with Crippen LogP contribution in [0.1, 0.15) is 139 Å². The molecule has 81 heavy (non-hydrogen) atoms. The summed E-state index contributed by atoms with van der Waals surface area (Å²) in [5.41, 5.74) is 14.4. The number of nitrogens with two attached hydrogens (primary N) is 2. The third-order valence-electron chi connectivity index (χ3n) is 9.45. The minimum Gasteiger partial charge on any atom is -0.481 e. The quantitative estimate of drug-likeness (QED) is 0.0267. The van der Waals surface area contributed by atoms with Crippen molar-refractivity contribution in [1.82, 2.24) is 29.6 Å². The maximum absolute atomic E-state index is 11.7. The molecule has 0 fully saturated rings. The number of rotatable bonds is 5. The molecule has 0 radical (unpaired) electrons. The predicted octanol–water partition coefficient (Wildman–Crippen LogP) is 12.8. The highest BCUT2D eigenvalue weighted by molar-refractivity contribution is 6.64. The largest absolute Gasteiger partial charge is 0.481 e. The highest BCUT2D eigenvalue weighted by Gasteiger charge is 2.23. The summed E-state index contributed by atoms with van der Waals surface area (Å²) in [4.78, 5) is 76.0. The molecule has 454 valence electrons. The van der Waals surface area contributed by atoms with E-state index in [2.05, 4.69) is 61.2 Å². The van der Waals surface area contributed by atoms with Gasteiger partial charge in [0.25, 0.3) is 11.9 Å². The van der Waals surface area contributed by atoms with Crippen LogP contribution in [0.3, 0.4) is 0 Å². The number of aliphatic carboxylic acids is 1. The first kappa shape index (κ1) is 80.9.